The van der Waals surface area contributed by atoms with Gasteiger partial charge in [0.1, 0.15) is 5.82 Å². The average Bonchev–Trinajstić information content (AvgIpc) is 2.82. The predicted molar refractivity (Wildman–Crippen MR) is 81.6 cm³/mol. The van der Waals surface area contributed by atoms with Crippen molar-refractivity contribution < 1.29 is 0 Å². The van der Waals surface area contributed by atoms with Crippen LogP contribution in [-0.2, 0) is 6.42 Å². The molecule has 0 aliphatic rings. The maximum Gasteiger partial charge on any atom is 0.109 e. The first kappa shape index (κ1) is 14.1. The van der Waals surface area contributed by atoms with Gasteiger partial charge in [-0.15, -0.1) is 0 Å². The Morgan fingerprint density at radius 1 is 1.21 bits per heavy atom. The molecule has 2 unspecified atom stereocenters. The fraction of sp³-hybridized carbons (Fsp3) is 0.562. The largest absolute Gasteiger partial charge is 0.324 e. The summed E-state index contributed by atoms with van der Waals surface area (Å²) in [6.45, 7) is 9.88. The lowest BCUT2D eigenvalue weighted by molar-refractivity contribution is 0.443. The molecule has 0 aliphatic carbocycles. The monoisotopic (exact) mass is 259 g/mol. The smallest absolute Gasteiger partial charge is 0.109 e. The van der Waals surface area contributed by atoms with Gasteiger partial charge in [-0.2, -0.15) is 0 Å². The summed E-state index contributed by atoms with van der Waals surface area (Å²) < 4.78 is 2.38. The molecule has 0 spiro atoms. The molecule has 1 aromatic heterocycles. The molecule has 1 aromatic carbocycles. The summed E-state index contributed by atoms with van der Waals surface area (Å²) in [4.78, 5) is 4.73. The van der Waals surface area contributed by atoms with E-state index in [1.165, 1.54) is 11.3 Å². The van der Waals surface area contributed by atoms with Crippen molar-refractivity contribution >= 4 is 11.0 Å². The number of nitrogens with one attached hydrogen (secondary N) is 1. The van der Waals surface area contributed by atoms with Crippen LogP contribution >= 0.6 is 0 Å². The minimum Gasteiger partial charge on any atom is -0.324 e. The maximum absolute atomic E-state index is 4.73. The van der Waals surface area contributed by atoms with Crippen LogP contribution in [0.15, 0.2) is 24.3 Å². The second-order valence-electron chi connectivity index (χ2n) is 5.31. The van der Waals surface area contributed by atoms with Crippen molar-refractivity contribution in [2.45, 2.75) is 52.6 Å². The van der Waals surface area contributed by atoms with Gasteiger partial charge in [0.05, 0.1) is 11.0 Å². The van der Waals surface area contributed by atoms with Crippen LogP contribution < -0.4 is 5.32 Å². The van der Waals surface area contributed by atoms with Crippen molar-refractivity contribution in [2.75, 3.05) is 6.54 Å². The first-order valence-corrected chi connectivity index (χ1v) is 7.36. The molecule has 2 rings (SSSR count). The molecule has 0 amide bonds. The Morgan fingerprint density at radius 3 is 2.63 bits per heavy atom. The Kier molecular flexibility index (Phi) is 4.59. The molecule has 0 bridgehead atoms. The highest BCUT2D eigenvalue weighted by atomic mass is 15.1. The van der Waals surface area contributed by atoms with Crippen LogP contribution in [-0.4, -0.2) is 22.1 Å². The second kappa shape index (κ2) is 6.20. The quantitative estimate of drug-likeness (QED) is 0.860. The molecule has 0 fully saturated rings. The number of aryl methyl sites for hydroxylation is 1. The number of imidazole rings is 1. The van der Waals surface area contributed by atoms with E-state index in [2.05, 4.69) is 61.8 Å². The number of benzene rings is 1. The summed E-state index contributed by atoms with van der Waals surface area (Å²) in [6, 6.07) is 9.41. The third-order valence-electron chi connectivity index (χ3n) is 3.80. The van der Waals surface area contributed by atoms with Crippen LogP contribution in [0.5, 0.6) is 0 Å². The molecule has 2 aromatic rings. The van der Waals surface area contributed by atoms with Crippen LogP contribution in [0.25, 0.3) is 11.0 Å². The third-order valence-corrected chi connectivity index (χ3v) is 3.80. The molecule has 19 heavy (non-hydrogen) atoms. The van der Waals surface area contributed by atoms with Gasteiger partial charge < -0.3 is 9.88 Å². The zero-order valence-corrected chi connectivity index (χ0v) is 12.5. The molecule has 104 valence electrons. The van der Waals surface area contributed by atoms with Crippen LogP contribution in [0.3, 0.4) is 0 Å². The fourth-order valence-electron chi connectivity index (χ4n) is 2.44. The molecular formula is C16H25N3. The number of nitrogens with zero attached hydrogens (tertiary/aromatic N) is 2. The highest BCUT2D eigenvalue weighted by Gasteiger charge is 2.14. The molecule has 1 heterocycles. The van der Waals surface area contributed by atoms with Crippen molar-refractivity contribution in [2.24, 2.45) is 0 Å². The Hall–Kier alpha value is -1.35. The van der Waals surface area contributed by atoms with Crippen molar-refractivity contribution in [1.82, 2.24) is 14.9 Å². The van der Waals surface area contributed by atoms with Crippen LogP contribution in [0.1, 0.15) is 46.0 Å². The van der Waals surface area contributed by atoms with Gasteiger partial charge in [0.15, 0.2) is 0 Å². The number of fused-ring (bicyclic) bond motifs is 1. The van der Waals surface area contributed by atoms with E-state index in [-0.39, 0.29) is 0 Å². The van der Waals surface area contributed by atoms with Crippen LogP contribution in [0.2, 0.25) is 0 Å². The molecule has 0 saturated carbocycles. The van der Waals surface area contributed by atoms with Crippen molar-refractivity contribution in [3.8, 4) is 0 Å². The lowest BCUT2D eigenvalue weighted by Crippen LogP contribution is -2.31. The first-order chi connectivity index (χ1) is 9.17. The SMILES string of the molecule is CCc1nc2ccccc2n1C(C)CNC(C)CC. The number of aromatic nitrogens is 2. The molecule has 0 radical (unpaired) electrons. The van der Waals surface area contributed by atoms with Gasteiger partial charge >= 0.3 is 0 Å². The molecule has 0 saturated heterocycles. The average molecular weight is 259 g/mol. The number of para-hydroxylation sites is 2. The summed E-state index contributed by atoms with van der Waals surface area (Å²) in [5, 5.41) is 3.59. The zero-order valence-electron chi connectivity index (χ0n) is 12.5. The molecule has 3 heteroatoms. The lowest BCUT2D eigenvalue weighted by atomic mass is 10.2. The Bertz CT molecular complexity index is 530. The summed E-state index contributed by atoms with van der Waals surface area (Å²) in [5.41, 5.74) is 2.35. The van der Waals surface area contributed by atoms with E-state index in [1.54, 1.807) is 0 Å². The Balaban J connectivity index is 2.27. The van der Waals surface area contributed by atoms with Gasteiger partial charge in [-0.05, 0) is 32.4 Å². The number of rotatable bonds is 6. The van der Waals surface area contributed by atoms with Gasteiger partial charge in [-0.3, -0.25) is 0 Å². The van der Waals surface area contributed by atoms with E-state index in [0.29, 0.717) is 12.1 Å². The third kappa shape index (κ3) is 2.98. The van der Waals surface area contributed by atoms with E-state index < -0.39 is 0 Å². The minimum atomic E-state index is 0.427. The molecular weight excluding hydrogens is 234 g/mol. The second-order valence-corrected chi connectivity index (χ2v) is 5.31. The van der Waals surface area contributed by atoms with Gasteiger partial charge in [-0.25, -0.2) is 4.98 Å². The van der Waals surface area contributed by atoms with Crippen LogP contribution in [0.4, 0.5) is 0 Å². The lowest BCUT2D eigenvalue weighted by Gasteiger charge is -2.20. The fourth-order valence-corrected chi connectivity index (χ4v) is 2.44. The standard InChI is InChI=1S/C16H25N3/c1-5-12(3)17-11-13(4)19-15-10-8-7-9-14(15)18-16(19)6-2/h7-10,12-13,17H,5-6,11H2,1-4H3. The Morgan fingerprint density at radius 2 is 1.95 bits per heavy atom. The summed E-state index contributed by atoms with van der Waals surface area (Å²) in [5.74, 6) is 1.18. The molecule has 0 aliphatic heterocycles. The summed E-state index contributed by atoms with van der Waals surface area (Å²) >= 11 is 0. The van der Waals surface area contributed by atoms with Crippen molar-refractivity contribution in [3.05, 3.63) is 30.1 Å². The summed E-state index contributed by atoms with van der Waals surface area (Å²) in [6.07, 6.45) is 2.14. The normalized spacial score (nSPS) is 14.7. The van der Waals surface area contributed by atoms with E-state index in [0.717, 1.165) is 24.9 Å². The highest BCUT2D eigenvalue weighted by molar-refractivity contribution is 5.76. The molecule has 3 nitrogen and oxygen atoms in total. The van der Waals surface area contributed by atoms with E-state index in [1.807, 2.05) is 0 Å². The molecule has 2 atom stereocenters. The van der Waals surface area contributed by atoms with Crippen LogP contribution in [0, 0.1) is 0 Å². The Labute approximate surface area is 116 Å². The van der Waals surface area contributed by atoms with Gasteiger partial charge in [-0.1, -0.05) is 26.0 Å². The van der Waals surface area contributed by atoms with Crippen molar-refractivity contribution in [3.63, 3.8) is 0 Å². The number of hydrogen-bond acceptors (Lipinski definition) is 2. The van der Waals surface area contributed by atoms with Gasteiger partial charge in [0.2, 0.25) is 0 Å². The highest BCUT2D eigenvalue weighted by Crippen LogP contribution is 2.21. The van der Waals surface area contributed by atoms with E-state index >= 15 is 0 Å². The topological polar surface area (TPSA) is 29.9 Å². The maximum atomic E-state index is 4.73. The summed E-state index contributed by atoms with van der Waals surface area (Å²) in [7, 11) is 0. The zero-order chi connectivity index (χ0) is 13.8. The minimum absolute atomic E-state index is 0.427. The first-order valence-electron chi connectivity index (χ1n) is 7.36. The van der Waals surface area contributed by atoms with Crippen molar-refractivity contribution in [1.29, 1.82) is 0 Å². The molecule has 1 N–H and O–H groups in total. The van der Waals surface area contributed by atoms with E-state index in [9.17, 15) is 0 Å². The number of hydrogen-bond donors (Lipinski definition) is 1. The van der Waals surface area contributed by atoms with Gasteiger partial charge in [0.25, 0.3) is 0 Å². The van der Waals surface area contributed by atoms with Gasteiger partial charge in [0, 0.05) is 25.0 Å². The predicted octanol–water partition coefficient (Wildman–Crippen LogP) is 3.55. The van der Waals surface area contributed by atoms with E-state index in [4.69, 9.17) is 4.98 Å².